The SMILES string of the molecule is [Ag].c1ccc(CCc2ccccc2)cc1. The van der Waals surface area contributed by atoms with E-state index in [4.69, 9.17) is 0 Å². The van der Waals surface area contributed by atoms with Gasteiger partial charge in [0.15, 0.2) is 0 Å². The van der Waals surface area contributed by atoms with E-state index in [0.717, 1.165) is 12.8 Å². The summed E-state index contributed by atoms with van der Waals surface area (Å²) in [5.41, 5.74) is 2.83. The average Bonchev–Trinajstić information content (AvgIpc) is 2.29. The average molecular weight is 290 g/mol. The summed E-state index contributed by atoms with van der Waals surface area (Å²) in [5, 5.41) is 0. The van der Waals surface area contributed by atoms with Crippen LogP contribution in [0.3, 0.4) is 0 Å². The van der Waals surface area contributed by atoms with E-state index in [1.807, 2.05) is 0 Å². The summed E-state index contributed by atoms with van der Waals surface area (Å²) in [6.07, 6.45) is 2.26. The third-order valence-electron chi connectivity index (χ3n) is 2.39. The zero-order valence-electron chi connectivity index (χ0n) is 8.49. The van der Waals surface area contributed by atoms with Crippen molar-refractivity contribution in [1.29, 1.82) is 0 Å². The monoisotopic (exact) mass is 289 g/mol. The molecule has 0 unspecified atom stereocenters. The van der Waals surface area contributed by atoms with Crippen molar-refractivity contribution in [2.75, 3.05) is 0 Å². The van der Waals surface area contributed by atoms with E-state index in [1.54, 1.807) is 0 Å². The summed E-state index contributed by atoms with van der Waals surface area (Å²) in [7, 11) is 0. The molecule has 0 nitrogen and oxygen atoms in total. The molecule has 0 heterocycles. The standard InChI is InChI=1S/C14H14.Ag/c1-3-7-13(8-4-1)11-12-14-9-5-2-6-10-14;/h1-10H,11-12H2;. The van der Waals surface area contributed by atoms with E-state index in [-0.39, 0.29) is 22.4 Å². The maximum absolute atomic E-state index is 2.18. The van der Waals surface area contributed by atoms with Gasteiger partial charge in [-0.3, -0.25) is 0 Å². The topological polar surface area (TPSA) is 0 Å². The molecule has 1 radical (unpaired) electrons. The molecule has 15 heavy (non-hydrogen) atoms. The Morgan fingerprint density at radius 3 is 1.20 bits per heavy atom. The molecule has 0 fully saturated rings. The zero-order valence-corrected chi connectivity index (χ0v) is 9.97. The van der Waals surface area contributed by atoms with E-state index in [9.17, 15) is 0 Å². The van der Waals surface area contributed by atoms with Gasteiger partial charge in [0.1, 0.15) is 0 Å². The van der Waals surface area contributed by atoms with Crippen LogP contribution in [0.1, 0.15) is 11.1 Å². The van der Waals surface area contributed by atoms with Gasteiger partial charge in [0.05, 0.1) is 0 Å². The van der Waals surface area contributed by atoms with Crippen molar-refractivity contribution >= 4 is 0 Å². The summed E-state index contributed by atoms with van der Waals surface area (Å²) in [6, 6.07) is 21.2. The Morgan fingerprint density at radius 1 is 0.533 bits per heavy atom. The molecule has 81 valence electrons. The molecule has 2 rings (SSSR count). The molecule has 0 aliphatic rings. The van der Waals surface area contributed by atoms with E-state index < -0.39 is 0 Å². The Balaban J connectivity index is 0.00000112. The Labute approximate surface area is 107 Å². The summed E-state index contributed by atoms with van der Waals surface area (Å²) in [5.74, 6) is 0. The molecule has 0 aromatic heterocycles. The summed E-state index contributed by atoms with van der Waals surface area (Å²) < 4.78 is 0. The van der Waals surface area contributed by atoms with Gasteiger partial charge in [-0.15, -0.1) is 0 Å². The summed E-state index contributed by atoms with van der Waals surface area (Å²) >= 11 is 0. The largest absolute Gasteiger partial charge is 0.0622 e. The van der Waals surface area contributed by atoms with Crippen molar-refractivity contribution in [3.8, 4) is 0 Å². The van der Waals surface area contributed by atoms with Crippen molar-refractivity contribution < 1.29 is 22.4 Å². The maximum Gasteiger partial charge on any atom is 0 e. The van der Waals surface area contributed by atoms with Crippen LogP contribution in [0.4, 0.5) is 0 Å². The molecule has 2 aromatic carbocycles. The van der Waals surface area contributed by atoms with Crippen molar-refractivity contribution in [3.63, 3.8) is 0 Å². The van der Waals surface area contributed by atoms with Crippen molar-refractivity contribution in [2.24, 2.45) is 0 Å². The summed E-state index contributed by atoms with van der Waals surface area (Å²) in [4.78, 5) is 0. The number of rotatable bonds is 3. The second kappa shape index (κ2) is 6.62. The molecule has 0 bridgehead atoms. The molecule has 1 heteroatoms. The van der Waals surface area contributed by atoms with Crippen LogP contribution in [0.15, 0.2) is 60.7 Å². The molecule has 0 saturated heterocycles. The molecular weight excluding hydrogens is 276 g/mol. The van der Waals surface area contributed by atoms with Crippen LogP contribution >= 0.6 is 0 Å². The van der Waals surface area contributed by atoms with Crippen LogP contribution in [0.25, 0.3) is 0 Å². The van der Waals surface area contributed by atoms with Gasteiger partial charge in [-0.2, -0.15) is 0 Å². The second-order valence-corrected chi connectivity index (χ2v) is 3.47. The molecule has 0 atom stereocenters. The fourth-order valence-electron chi connectivity index (χ4n) is 1.58. The first-order valence-electron chi connectivity index (χ1n) is 5.03. The zero-order chi connectivity index (χ0) is 9.64. The van der Waals surface area contributed by atoms with Crippen LogP contribution < -0.4 is 0 Å². The molecule has 0 spiro atoms. The normalized spacial score (nSPS) is 9.33. The first-order chi connectivity index (χ1) is 6.95. The smallest absolute Gasteiger partial charge is 0 e. The molecule has 0 N–H and O–H groups in total. The van der Waals surface area contributed by atoms with E-state index in [0.29, 0.717) is 0 Å². The Morgan fingerprint density at radius 2 is 0.867 bits per heavy atom. The number of hydrogen-bond acceptors (Lipinski definition) is 0. The van der Waals surface area contributed by atoms with E-state index in [1.165, 1.54) is 11.1 Å². The van der Waals surface area contributed by atoms with Gasteiger partial charge in [-0.1, -0.05) is 60.7 Å². The van der Waals surface area contributed by atoms with Crippen molar-refractivity contribution in [1.82, 2.24) is 0 Å². The van der Waals surface area contributed by atoms with Gasteiger partial charge in [-0.25, -0.2) is 0 Å². The minimum Gasteiger partial charge on any atom is -0.0622 e. The van der Waals surface area contributed by atoms with Crippen LogP contribution in [0.2, 0.25) is 0 Å². The summed E-state index contributed by atoms with van der Waals surface area (Å²) in [6.45, 7) is 0. The fraction of sp³-hybridized carbons (Fsp3) is 0.143. The van der Waals surface area contributed by atoms with Crippen LogP contribution in [0, 0.1) is 0 Å². The second-order valence-electron chi connectivity index (χ2n) is 3.47. The van der Waals surface area contributed by atoms with Gasteiger partial charge in [0.25, 0.3) is 0 Å². The minimum absolute atomic E-state index is 0. The molecule has 0 aliphatic carbocycles. The van der Waals surface area contributed by atoms with Gasteiger partial charge >= 0.3 is 0 Å². The van der Waals surface area contributed by atoms with E-state index >= 15 is 0 Å². The first kappa shape index (κ1) is 12.3. The van der Waals surface area contributed by atoms with Crippen LogP contribution in [0.5, 0.6) is 0 Å². The Hall–Kier alpha value is -0.820. The van der Waals surface area contributed by atoms with Gasteiger partial charge in [-0.05, 0) is 24.0 Å². The third-order valence-corrected chi connectivity index (χ3v) is 2.39. The molecule has 2 aromatic rings. The van der Waals surface area contributed by atoms with Crippen LogP contribution in [-0.2, 0) is 35.2 Å². The van der Waals surface area contributed by atoms with Crippen LogP contribution in [-0.4, -0.2) is 0 Å². The molecular formula is C14H14Ag. The number of benzene rings is 2. The number of hydrogen-bond donors (Lipinski definition) is 0. The first-order valence-corrected chi connectivity index (χ1v) is 5.03. The molecule has 0 saturated carbocycles. The molecule has 0 amide bonds. The van der Waals surface area contributed by atoms with Crippen molar-refractivity contribution in [2.45, 2.75) is 12.8 Å². The Kier molecular flexibility index (Phi) is 5.41. The minimum atomic E-state index is 0. The fourth-order valence-corrected chi connectivity index (χ4v) is 1.58. The maximum atomic E-state index is 2.18. The third kappa shape index (κ3) is 4.05. The Bertz CT molecular complexity index is 328. The predicted octanol–water partition coefficient (Wildman–Crippen LogP) is 3.47. The van der Waals surface area contributed by atoms with Gasteiger partial charge in [0.2, 0.25) is 0 Å². The predicted molar refractivity (Wildman–Crippen MR) is 60.3 cm³/mol. The molecule has 0 aliphatic heterocycles. The van der Waals surface area contributed by atoms with Gasteiger partial charge < -0.3 is 0 Å². The van der Waals surface area contributed by atoms with E-state index in [2.05, 4.69) is 60.7 Å². The number of aryl methyl sites for hydroxylation is 2. The van der Waals surface area contributed by atoms with Gasteiger partial charge in [0, 0.05) is 22.4 Å². The quantitative estimate of drug-likeness (QED) is 0.759. The van der Waals surface area contributed by atoms with Crippen molar-refractivity contribution in [3.05, 3.63) is 71.8 Å².